The van der Waals surface area contributed by atoms with Crippen LogP contribution in [0.2, 0.25) is 0 Å². The molecule has 0 N–H and O–H groups in total. The lowest BCUT2D eigenvalue weighted by Crippen LogP contribution is -2.57. The largest absolute Gasteiger partial charge is 0.374 e. The van der Waals surface area contributed by atoms with E-state index in [4.69, 9.17) is 4.74 Å². The average Bonchev–Trinajstić information content (AvgIpc) is 3.12. The highest BCUT2D eigenvalue weighted by Crippen LogP contribution is 2.57. The third-order valence-electron chi connectivity index (χ3n) is 7.94. The Kier molecular flexibility index (Phi) is 2.18. The summed E-state index contributed by atoms with van der Waals surface area (Å²) < 4.78 is 6.02. The Morgan fingerprint density at radius 3 is 2.24 bits per heavy atom. The van der Waals surface area contributed by atoms with Gasteiger partial charge in [-0.2, -0.15) is 0 Å². The number of carbonyl (C=O) groups excluding carboxylic acids is 1. The van der Waals surface area contributed by atoms with Crippen LogP contribution < -0.4 is 0 Å². The van der Waals surface area contributed by atoms with E-state index in [2.05, 4.69) is 4.90 Å². The number of hydrogen-bond donors (Lipinski definition) is 0. The number of amides is 1. The van der Waals surface area contributed by atoms with E-state index < -0.39 is 0 Å². The molecule has 3 heterocycles. The Balaban J connectivity index is 1.32. The molecule has 7 fully saturated rings. The fraction of sp³-hybridized carbons (Fsp3) is 0.944. The number of fused-ring (bicyclic) bond motifs is 5. The summed E-state index contributed by atoms with van der Waals surface area (Å²) in [5, 5.41) is 0. The molecule has 3 aliphatic heterocycles. The third-order valence-corrected chi connectivity index (χ3v) is 7.94. The van der Waals surface area contributed by atoms with Crippen LogP contribution in [-0.4, -0.2) is 35.6 Å². The molecule has 7 rings (SSSR count). The van der Waals surface area contributed by atoms with Gasteiger partial charge >= 0.3 is 0 Å². The molecule has 21 heavy (non-hydrogen) atoms. The lowest BCUT2D eigenvalue weighted by Gasteiger charge is -2.56. The summed E-state index contributed by atoms with van der Waals surface area (Å²) in [5.41, 5.74) is 0. The molecule has 6 bridgehead atoms. The van der Waals surface area contributed by atoms with Gasteiger partial charge in [-0.3, -0.25) is 4.79 Å². The minimum Gasteiger partial charge on any atom is -0.374 e. The van der Waals surface area contributed by atoms with E-state index in [0.29, 0.717) is 24.0 Å². The van der Waals surface area contributed by atoms with Crippen molar-refractivity contribution < 1.29 is 9.53 Å². The smallest absolute Gasteiger partial charge is 0.229 e. The number of likely N-dealkylation sites (tertiary alicyclic amines) is 1. The lowest BCUT2D eigenvalue weighted by molar-refractivity contribution is -0.144. The van der Waals surface area contributed by atoms with Crippen molar-refractivity contribution >= 4 is 5.91 Å². The molecule has 3 saturated heterocycles. The van der Waals surface area contributed by atoms with E-state index in [9.17, 15) is 4.79 Å². The molecular formula is C18H25NO2. The standard InChI is InChI=1S/C18H25NO2/c20-18-16-13(14-1-2-15(16)21-14)8-19(18)17-11-4-9-3-10(6-11)7-12(17)5-9/h9-17H,1-8H2. The van der Waals surface area contributed by atoms with Crippen LogP contribution >= 0.6 is 0 Å². The molecule has 0 aromatic heterocycles. The highest BCUT2D eigenvalue weighted by atomic mass is 16.5. The van der Waals surface area contributed by atoms with Crippen molar-refractivity contribution in [2.45, 2.75) is 63.2 Å². The summed E-state index contributed by atoms with van der Waals surface area (Å²) in [5.74, 6) is 4.92. The first-order valence-electron chi connectivity index (χ1n) is 9.24. The van der Waals surface area contributed by atoms with Gasteiger partial charge in [0, 0.05) is 18.5 Å². The van der Waals surface area contributed by atoms with Gasteiger partial charge in [-0.25, -0.2) is 0 Å². The predicted molar refractivity (Wildman–Crippen MR) is 77.4 cm³/mol. The minimum absolute atomic E-state index is 0.237. The van der Waals surface area contributed by atoms with Crippen LogP contribution in [0.15, 0.2) is 0 Å². The molecule has 4 saturated carbocycles. The molecule has 4 atom stereocenters. The maximum Gasteiger partial charge on any atom is 0.229 e. The van der Waals surface area contributed by atoms with Gasteiger partial charge in [0.25, 0.3) is 0 Å². The maximum atomic E-state index is 13.0. The summed E-state index contributed by atoms with van der Waals surface area (Å²) in [6, 6.07) is 0.607. The van der Waals surface area contributed by atoms with Gasteiger partial charge in [-0.15, -0.1) is 0 Å². The van der Waals surface area contributed by atoms with E-state index in [1.807, 2.05) is 0 Å². The van der Waals surface area contributed by atoms with Crippen molar-refractivity contribution in [3.05, 3.63) is 0 Å². The quantitative estimate of drug-likeness (QED) is 0.741. The van der Waals surface area contributed by atoms with E-state index in [1.54, 1.807) is 0 Å². The first-order chi connectivity index (χ1) is 10.3. The number of rotatable bonds is 1. The Hall–Kier alpha value is -0.570. The van der Waals surface area contributed by atoms with E-state index in [-0.39, 0.29) is 12.0 Å². The van der Waals surface area contributed by atoms with Gasteiger partial charge in [0.15, 0.2) is 0 Å². The van der Waals surface area contributed by atoms with Gasteiger partial charge in [0.1, 0.15) is 0 Å². The molecule has 0 radical (unpaired) electrons. The molecule has 114 valence electrons. The topological polar surface area (TPSA) is 29.5 Å². The zero-order valence-corrected chi connectivity index (χ0v) is 12.6. The lowest BCUT2D eigenvalue weighted by atomic mass is 9.54. The molecule has 1 amide bonds. The minimum atomic E-state index is 0.237. The second-order valence-electron chi connectivity index (χ2n) is 8.89. The molecule has 7 aliphatic rings. The van der Waals surface area contributed by atoms with Crippen molar-refractivity contribution in [1.29, 1.82) is 0 Å². The third kappa shape index (κ3) is 1.42. The number of nitrogens with zero attached hydrogens (tertiary/aromatic N) is 1. The maximum absolute atomic E-state index is 13.0. The first kappa shape index (κ1) is 11.9. The van der Waals surface area contributed by atoms with Gasteiger partial charge < -0.3 is 9.64 Å². The molecule has 3 heteroatoms. The zero-order chi connectivity index (χ0) is 13.7. The van der Waals surface area contributed by atoms with Gasteiger partial charge in [0.05, 0.1) is 18.1 Å². The van der Waals surface area contributed by atoms with Gasteiger partial charge in [-0.05, 0) is 68.6 Å². The summed E-state index contributed by atoms with van der Waals surface area (Å²) >= 11 is 0. The SMILES string of the molecule is O=C1C2C3CCC(O3)C2CN1C1C2CC3CC(C2)CC1C3. The fourth-order valence-electron chi connectivity index (χ4n) is 7.53. The van der Waals surface area contributed by atoms with Crippen LogP contribution in [0.1, 0.15) is 44.9 Å². The zero-order valence-electron chi connectivity index (χ0n) is 12.6. The molecule has 0 aromatic carbocycles. The van der Waals surface area contributed by atoms with Crippen LogP contribution in [0.4, 0.5) is 0 Å². The predicted octanol–water partition coefficient (Wildman–Crippen LogP) is 2.45. The molecule has 0 spiro atoms. The average molecular weight is 287 g/mol. The van der Waals surface area contributed by atoms with Crippen molar-refractivity contribution in [2.75, 3.05) is 6.54 Å². The van der Waals surface area contributed by atoms with Crippen LogP contribution in [0.25, 0.3) is 0 Å². The summed E-state index contributed by atoms with van der Waals surface area (Å²) in [7, 11) is 0. The van der Waals surface area contributed by atoms with Crippen molar-refractivity contribution in [1.82, 2.24) is 4.90 Å². The van der Waals surface area contributed by atoms with Crippen LogP contribution in [-0.2, 0) is 9.53 Å². The number of ether oxygens (including phenoxy) is 1. The molecule has 0 aromatic rings. The second-order valence-corrected chi connectivity index (χ2v) is 8.89. The van der Waals surface area contributed by atoms with Crippen molar-refractivity contribution in [3.8, 4) is 0 Å². The summed E-state index contributed by atoms with van der Waals surface area (Å²) in [6.45, 7) is 1.03. The van der Waals surface area contributed by atoms with Gasteiger partial charge in [0.2, 0.25) is 5.91 Å². The Morgan fingerprint density at radius 1 is 0.905 bits per heavy atom. The molecular weight excluding hydrogens is 262 g/mol. The van der Waals surface area contributed by atoms with Crippen molar-refractivity contribution in [3.63, 3.8) is 0 Å². The summed E-state index contributed by atoms with van der Waals surface area (Å²) in [6.07, 6.45) is 10.2. The Morgan fingerprint density at radius 2 is 1.57 bits per heavy atom. The van der Waals surface area contributed by atoms with Crippen LogP contribution in [0.5, 0.6) is 0 Å². The van der Waals surface area contributed by atoms with Crippen molar-refractivity contribution in [2.24, 2.45) is 35.5 Å². The normalized spacial score (nSPS) is 60.1. The highest BCUT2D eigenvalue weighted by molar-refractivity contribution is 5.83. The first-order valence-corrected chi connectivity index (χ1v) is 9.24. The molecule has 4 aliphatic carbocycles. The fourth-order valence-corrected chi connectivity index (χ4v) is 7.53. The number of hydrogen-bond acceptors (Lipinski definition) is 2. The monoisotopic (exact) mass is 287 g/mol. The molecule has 4 unspecified atom stereocenters. The Bertz CT molecular complexity index is 475. The van der Waals surface area contributed by atoms with Crippen LogP contribution in [0.3, 0.4) is 0 Å². The van der Waals surface area contributed by atoms with Gasteiger partial charge in [-0.1, -0.05) is 0 Å². The number of carbonyl (C=O) groups is 1. The van der Waals surface area contributed by atoms with E-state index >= 15 is 0 Å². The Labute approximate surface area is 126 Å². The van der Waals surface area contributed by atoms with Crippen LogP contribution in [0, 0.1) is 35.5 Å². The van der Waals surface area contributed by atoms with E-state index in [1.165, 1.54) is 38.5 Å². The highest BCUT2D eigenvalue weighted by Gasteiger charge is 2.61. The van der Waals surface area contributed by atoms with E-state index in [0.717, 1.165) is 36.6 Å². The second kappa shape index (κ2) is 3.84. The molecule has 3 nitrogen and oxygen atoms in total. The summed E-state index contributed by atoms with van der Waals surface area (Å²) in [4.78, 5) is 15.4.